The van der Waals surface area contributed by atoms with E-state index in [1.54, 1.807) is 24.7 Å². The highest BCUT2D eigenvalue weighted by atomic mass is 16.1. The van der Waals surface area contributed by atoms with Crippen molar-refractivity contribution in [3.05, 3.63) is 42.2 Å². The van der Waals surface area contributed by atoms with Gasteiger partial charge in [-0.15, -0.1) is 0 Å². The van der Waals surface area contributed by atoms with E-state index in [1.807, 2.05) is 0 Å². The second-order valence-electron chi connectivity index (χ2n) is 2.97. The smallest absolute Gasteiger partial charge is 0.232 e. The molecule has 2 aromatic heterocycles. The van der Waals surface area contributed by atoms with E-state index in [0.717, 1.165) is 0 Å². The van der Waals surface area contributed by atoms with Gasteiger partial charge in [0.2, 0.25) is 5.91 Å². The summed E-state index contributed by atoms with van der Waals surface area (Å²) in [7, 11) is 0. The topological polar surface area (TPSA) is 97.6 Å². The Morgan fingerprint density at radius 3 is 2.67 bits per heavy atom. The molecule has 0 saturated heterocycles. The fourth-order valence-electron chi connectivity index (χ4n) is 1.32. The van der Waals surface area contributed by atoms with Gasteiger partial charge in [0.15, 0.2) is 0 Å². The minimum Gasteiger partial charge on any atom is -0.369 e. The quantitative estimate of drug-likeness (QED) is 0.722. The molecule has 0 fully saturated rings. The van der Waals surface area contributed by atoms with Crippen molar-refractivity contribution in [3.8, 4) is 0 Å². The summed E-state index contributed by atoms with van der Waals surface area (Å²) in [5.74, 6) is -0.765. The Kier molecular flexibility index (Phi) is 2.40. The summed E-state index contributed by atoms with van der Waals surface area (Å²) < 4.78 is 0. The number of nitrogens with one attached hydrogen (secondary N) is 1. The van der Waals surface area contributed by atoms with Gasteiger partial charge in [-0.2, -0.15) is 5.10 Å². The molecular weight excluding hydrogens is 194 g/mol. The second-order valence-corrected chi connectivity index (χ2v) is 2.97. The standard InChI is InChI=1S/C9H9N5O/c10-8(15)7(6-4-13-14-5-6)9-11-2-1-3-12-9/h1-5,7H,(H2,10,15)(H,13,14). The molecule has 0 spiro atoms. The normalized spacial score (nSPS) is 12.3. The van der Waals surface area contributed by atoms with E-state index in [2.05, 4.69) is 20.2 Å². The van der Waals surface area contributed by atoms with Gasteiger partial charge in [0.05, 0.1) is 6.20 Å². The van der Waals surface area contributed by atoms with Crippen molar-refractivity contribution in [1.29, 1.82) is 0 Å². The van der Waals surface area contributed by atoms with Gasteiger partial charge in [0, 0.05) is 24.2 Å². The third kappa shape index (κ3) is 1.83. The molecule has 1 unspecified atom stereocenters. The highest BCUT2D eigenvalue weighted by Gasteiger charge is 2.23. The van der Waals surface area contributed by atoms with Gasteiger partial charge in [-0.3, -0.25) is 9.89 Å². The van der Waals surface area contributed by atoms with E-state index in [1.165, 1.54) is 6.20 Å². The highest BCUT2D eigenvalue weighted by molar-refractivity contribution is 5.84. The molecule has 15 heavy (non-hydrogen) atoms. The Hall–Kier alpha value is -2.24. The summed E-state index contributed by atoms with van der Waals surface area (Å²) in [6.45, 7) is 0. The summed E-state index contributed by atoms with van der Waals surface area (Å²) in [6, 6.07) is 1.68. The first kappa shape index (κ1) is 9.32. The largest absolute Gasteiger partial charge is 0.369 e. The van der Waals surface area contributed by atoms with E-state index in [4.69, 9.17) is 5.73 Å². The molecule has 6 nitrogen and oxygen atoms in total. The van der Waals surface area contributed by atoms with Crippen LogP contribution in [0.2, 0.25) is 0 Å². The SMILES string of the molecule is NC(=O)C(c1cn[nH]c1)c1ncccn1. The van der Waals surface area contributed by atoms with Crippen molar-refractivity contribution in [1.82, 2.24) is 20.2 Å². The Morgan fingerprint density at radius 2 is 2.13 bits per heavy atom. The Bertz CT molecular complexity index is 439. The maximum atomic E-state index is 11.3. The molecule has 1 amide bonds. The lowest BCUT2D eigenvalue weighted by molar-refractivity contribution is -0.118. The predicted molar refractivity (Wildman–Crippen MR) is 51.7 cm³/mol. The molecule has 76 valence electrons. The first-order valence-electron chi connectivity index (χ1n) is 4.34. The van der Waals surface area contributed by atoms with Crippen LogP contribution in [0.3, 0.4) is 0 Å². The second kappa shape index (κ2) is 3.87. The van der Waals surface area contributed by atoms with Crippen LogP contribution in [0.15, 0.2) is 30.9 Å². The van der Waals surface area contributed by atoms with Crippen LogP contribution < -0.4 is 5.73 Å². The van der Waals surface area contributed by atoms with E-state index < -0.39 is 11.8 Å². The molecule has 6 heteroatoms. The number of nitrogens with zero attached hydrogens (tertiary/aromatic N) is 3. The number of hydrogen-bond acceptors (Lipinski definition) is 4. The number of nitrogens with two attached hydrogens (primary N) is 1. The summed E-state index contributed by atoms with van der Waals surface area (Å²) in [6.07, 6.45) is 6.27. The molecule has 2 rings (SSSR count). The van der Waals surface area contributed by atoms with Crippen LogP contribution in [0.1, 0.15) is 17.3 Å². The Balaban J connectivity index is 2.42. The third-order valence-electron chi connectivity index (χ3n) is 1.98. The molecule has 1 atom stereocenters. The van der Waals surface area contributed by atoms with Gasteiger partial charge < -0.3 is 5.73 Å². The average molecular weight is 203 g/mol. The van der Waals surface area contributed by atoms with Crippen molar-refractivity contribution in [2.45, 2.75) is 5.92 Å². The molecule has 0 radical (unpaired) electrons. The Labute approximate surface area is 85.6 Å². The zero-order chi connectivity index (χ0) is 10.7. The highest BCUT2D eigenvalue weighted by Crippen LogP contribution is 2.19. The minimum atomic E-state index is -0.648. The number of primary amides is 1. The number of carbonyl (C=O) groups excluding carboxylic acids is 1. The lowest BCUT2D eigenvalue weighted by atomic mass is 10.0. The maximum absolute atomic E-state index is 11.3. The van der Waals surface area contributed by atoms with Crippen LogP contribution in [-0.2, 0) is 4.79 Å². The van der Waals surface area contributed by atoms with Crippen LogP contribution in [0.4, 0.5) is 0 Å². The van der Waals surface area contributed by atoms with Gasteiger partial charge in [-0.1, -0.05) is 0 Å². The van der Waals surface area contributed by atoms with Crippen molar-refractivity contribution in [2.75, 3.05) is 0 Å². The first-order valence-corrected chi connectivity index (χ1v) is 4.34. The number of H-pyrrole nitrogens is 1. The molecule has 0 aliphatic rings. The van der Waals surface area contributed by atoms with Crippen molar-refractivity contribution in [2.24, 2.45) is 5.73 Å². The number of aromatic nitrogens is 4. The van der Waals surface area contributed by atoms with Crippen molar-refractivity contribution >= 4 is 5.91 Å². The molecule has 2 aromatic rings. The average Bonchev–Trinajstić information content (AvgIpc) is 2.72. The molecule has 0 aliphatic heterocycles. The van der Waals surface area contributed by atoms with E-state index in [-0.39, 0.29) is 0 Å². The van der Waals surface area contributed by atoms with Crippen LogP contribution in [0, 0.1) is 0 Å². The maximum Gasteiger partial charge on any atom is 0.232 e. The minimum absolute atomic E-state index is 0.381. The van der Waals surface area contributed by atoms with Gasteiger partial charge >= 0.3 is 0 Å². The summed E-state index contributed by atoms with van der Waals surface area (Å²) in [5, 5.41) is 6.38. The monoisotopic (exact) mass is 203 g/mol. The summed E-state index contributed by atoms with van der Waals surface area (Å²) >= 11 is 0. The van der Waals surface area contributed by atoms with E-state index in [0.29, 0.717) is 11.4 Å². The molecule has 0 bridgehead atoms. The van der Waals surface area contributed by atoms with Crippen LogP contribution in [0.5, 0.6) is 0 Å². The van der Waals surface area contributed by atoms with Gasteiger partial charge in [0.1, 0.15) is 11.7 Å². The third-order valence-corrected chi connectivity index (χ3v) is 1.98. The van der Waals surface area contributed by atoms with E-state index in [9.17, 15) is 4.79 Å². The zero-order valence-electron chi connectivity index (χ0n) is 7.79. The molecule has 0 saturated carbocycles. The zero-order valence-corrected chi connectivity index (χ0v) is 7.79. The molecule has 2 heterocycles. The lowest BCUT2D eigenvalue weighted by Crippen LogP contribution is -2.23. The number of rotatable bonds is 3. The summed E-state index contributed by atoms with van der Waals surface area (Å²) in [5.41, 5.74) is 5.96. The predicted octanol–water partition coefficient (Wildman–Crippen LogP) is -0.183. The Morgan fingerprint density at radius 1 is 1.40 bits per heavy atom. The van der Waals surface area contributed by atoms with Gasteiger partial charge in [-0.05, 0) is 6.07 Å². The summed E-state index contributed by atoms with van der Waals surface area (Å²) in [4.78, 5) is 19.3. The fourth-order valence-corrected chi connectivity index (χ4v) is 1.32. The van der Waals surface area contributed by atoms with Crippen molar-refractivity contribution in [3.63, 3.8) is 0 Å². The number of aromatic amines is 1. The molecule has 0 aliphatic carbocycles. The van der Waals surface area contributed by atoms with Crippen LogP contribution in [0.25, 0.3) is 0 Å². The number of carbonyl (C=O) groups is 1. The molecule has 0 aromatic carbocycles. The number of hydrogen-bond donors (Lipinski definition) is 2. The van der Waals surface area contributed by atoms with Gasteiger partial charge in [-0.25, -0.2) is 9.97 Å². The lowest BCUT2D eigenvalue weighted by Gasteiger charge is -2.08. The number of amides is 1. The van der Waals surface area contributed by atoms with Crippen LogP contribution >= 0.6 is 0 Å². The fraction of sp³-hybridized carbons (Fsp3) is 0.111. The van der Waals surface area contributed by atoms with Crippen molar-refractivity contribution < 1.29 is 4.79 Å². The first-order chi connectivity index (χ1) is 7.29. The van der Waals surface area contributed by atoms with Crippen LogP contribution in [-0.4, -0.2) is 26.1 Å². The van der Waals surface area contributed by atoms with E-state index >= 15 is 0 Å². The molecular formula is C9H9N5O. The van der Waals surface area contributed by atoms with Gasteiger partial charge in [0.25, 0.3) is 0 Å². The molecule has 3 N–H and O–H groups in total.